The van der Waals surface area contributed by atoms with Crippen LogP contribution in [0.2, 0.25) is 0 Å². The normalized spacial score (nSPS) is 14.5. The molecule has 2 amide bonds. The van der Waals surface area contributed by atoms with E-state index in [0.717, 1.165) is 31.9 Å². The summed E-state index contributed by atoms with van der Waals surface area (Å²) in [5.74, 6) is -1.38. The molecule has 184 valence electrons. The van der Waals surface area contributed by atoms with E-state index in [2.05, 4.69) is 20.5 Å². The van der Waals surface area contributed by atoms with Gasteiger partial charge in [-0.2, -0.15) is 18.3 Å². The van der Waals surface area contributed by atoms with E-state index < -0.39 is 29.3 Å². The molecule has 0 atom stereocenters. The molecule has 2 aromatic rings. The molecule has 1 aliphatic carbocycles. The van der Waals surface area contributed by atoms with Gasteiger partial charge in [0, 0.05) is 12.1 Å². The van der Waals surface area contributed by atoms with Crippen molar-refractivity contribution in [2.24, 2.45) is 5.92 Å². The molecule has 34 heavy (non-hydrogen) atoms. The molecule has 1 aromatic heterocycles. The van der Waals surface area contributed by atoms with Gasteiger partial charge in [0.2, 0.25) is 11.8 Å². The highest BCUT2D eigenvalue weighted by Crippen LogP contribution is 2.34. The SMILES string of the molecule is CCOC(=O)c1cnn(-c2ccc(NC(=O)CNC(=O)CC3CCCCC3)cc2)c1C(F)(F)F. The van der Waals surface area contributed by atoms with Crippen molar-refractivity contribution in [3.05, 3.63) is 41.7 Å². The predicted octanol–water partition coefficient (Wildman–Crippen LogP) is 4.09. The molecular weight excluding hydrogens is 453 g/mol. The third-order valence-electron chi connectivity index (χ3n) is 5.57. The van der Waals surface area contributed by atoms with Crippen LogP contribution in [0.4, 0.5) is 18.9 Å². The van der Waals surface area contributed by atoms with Gasteiger partial charge in [-0.25, -0.2) is 9.48 Å². The fraction of sp³-hybridized carbons (Fsp3) is 0.478. The average molecular weight is 480 g/mol. The van der Waals surface area contributed by atoms with Gasteiger partial charge in [0.05, 0.1) is 25.0 Å². The summed E-state index contributed by atoms with van der Waals surface area (Å²) in [6.07, 6.45) is 1.88. The number of esters is 1. The van der Waals surface area contributed by atoms with E-state index in [-0.39, 0.29) is 24.7 Å². The van der Waals surface area contributed by atoms with Crippen molar-refractivity contribution in [3.8, 4) is 5.69 Å². The number of rotatable bonds is 8. The maximum Gasteiger partial charge on any atom is 0.434 e. The number of amides is 2. The van der Waals surface area contributed by atoms with E-state index in [4.69, 9.17) is 0 Å². The quantitative estimate of drug-likeness (QED) is 0.554. The van der Waals surface area contributed by atoms with E-state index >= 15 is 0 Å². The molecule has 0 saturated heterocycles. The standard InChI is InChI=1S/C23H27F3N4O4/c1-2-34-22(33)18-13-28-30(21(18)23(24,25)26)17-10-8-16(9-11-17)29-20(32)14-27-19(31)12-15-6-4-3-5-7-15/h8-11,13,15H,2-7,12,14H2,1H3,(H,27,31)(H,29,32). The number of benzene rings is 1. The van der Waals surface area contributed by atoms with Crippen LogP contribution in [0.15, 0.2) is 30.5 Å². The lowest BCUT2D eigenvalue weighted by atomic mass is 9.87. The van der Waals surface area contributed by atoms with Crippen molar-refractivity contribution in [1.82, 2.24) is 15.1 Å². The van der Waals surface area contributed by atoms with E-state index in [1.165, 1.54) is 37.6 Å². The van der Waals surface area contributed by atoms with Gasteiger partial charge in [-0.05, 0) is 49.9 Å². The zero-order valence-corrected chi connectivity index (χ0v) is 18.8. The van der Waals surface area contributed by atoms with Crippen molar-refractivity contribution in [1.29, 1.82) is 0 Å². The molecule has 0 unspecified atom stereocenters. The molecule has 1 saturated carbocycles. The molecule has 0 aliphatic heterocycles. The van der Waals surface area contributed by atoms with Gasteiger partial charge in [-0.15, -0.1) is 0 Å². The van der Waals surface area contributed by atoms with Crippen LogP contribution in [0, 0.1) is 5.92 Å². The second-order valence-electron chi connectivity index (χ2n) is 8.12. The summed E-state index contributed by atoms with van der Waals surface area (Å²) in [6.45, 7) is 1.22. The lowest BCUT2D eigenvalue weighted by Crippen LogP contribution is -2.34. The highest BCUT2D eigenvalue weighted by atomic mass is 19.4. The van der Waals surface area contributed by atoms with Crippen LogP contribution in [0.25, 0.3) is 5.69 Å². The Bertz CT molecular complexity index is 1010. The van der Waals surface area contributed by atoms with Gasteiger partial charge in [0.15, 0.2) is 5.69 Å². The number of nitrogens with one attached hydrogen (secondary N) is 2. The van der Waals surface area contributed by atoms with Crippen molar-refractivity contribution >= 4 is 23.5 Å². The topological polar surface area (TPSA) is 102 Å². The number of nitrogens with zero attached hydrogens (tertiary/aromatic N) is 2. The van der Waals surface area contributed by atoms with Gasteiger partial charge in [0.1, 0.15) is 5.56 Å². The van der Waals surface area contributed by atoms with Crippen LogP contribution in [0.5, 0.6) is 0 Å². The fourth-order valence-corrected chi connectivity index (χ4v) is 3.97. The van der Waals surface area contributed by atoms with Gasteiger partial charge >= 0.3 is 12.1 Å². The Balaban J connectivity index is 1.61. The Labute approximate surface area is 194 Å². The maximum absolute atomic E-state index is 13.6. The summed E-state index contributed by atoms with van der Waals surface area (Å²) >= 11 is 0. The first-order valence-corrected chi connectivity index (χ1v) is 11.2. The smallest absolute Gasteiger partial charge is 0.434 e. The Morgan fingerprint density at radius 2 is 1.76 bits per heavy atom. The molecule has 0 bridgehead atoms. The second-order valence-corrected chi connectivity index (χ2v) is 8.12. The zero-order valence-electron chi connectivity index (χ0n) is 18.8. The van der Waals surface area contributed by atoms with E-state index in [1.54, 1.807) is 0 Å². The summed E-state index contributed by atoms with van der Waals surface area (Å²) < 4.78 is 46.1. The van der Waals surface area contributed by atoms with Crippen molar-refractivity contribution in [2.75, 3.05) is 18.5 Å². The highest BCUT2D eigenvalue weighted by Gasteiger charge is 2.41. The minimum Gasteiger partial charge on any atom is -0.462 e. The van der Waals surface area contributed by atoms with Gasteiger partial charge < -0.3 is 15.4 Å². The Hall–Kier alpha value is -3.37. The number of carbonyl (C=O) groups excluding carboxylic acids is 3. The third-order valence-corrected chi connectivity index (χ3v) is 5.57. The third kappa shape index (κ3) is 6.58. The van der Waals surface area contributed by atoms with Crippen LogP contribution in [-0.2, 0) is 20.5 Å². The molecule has 1 fully saturated rings. The maximum atomic E-state index is 13.6. The highest BCUT2D eigenvalue weighted by molar-refractivity contribution is 5.94. The number of ether oxygens (including phenoxy) is 1. The van der Waals surface area contributed by atoms with Crippen LogP contribution in [-0.4, -0.2) is 40.7 Å². The number of hydrogen-bond donors (Lipinski definition) is 2. The minimum absolute atomic E-state index is 0.0432. The van der Waals surface area contributed by atoms with E-state index in [0.29, 0.717) is 22.7 Å². The number of carbonyl (C=O) groups is 3. The average Bonchev–Trinajstić information content (AvgIpc) is 3.25. The lowest BCUT2D eigenvalue weighted by molar-refractivity contribution is -0.143. The van der Waals surface area contributed by atoms with Crippen molar-refractivity contribution < 1.29 is 32.3 Å². The van der Waals surface area contributed by atoms with Gasteiger partial charge in [-0.3, -0.25) is 9.59 Å². The van der Waals surface area contributed by atoms with Crippen molar-refractivity contribution in [2.45, 2.75) is 51.6 Å². The number of anilines is 1. The molecule has 0 spiro atoms. The minimum atomic E-state index is -4.85. The first-order valence-electron chi connectivity index (χ1n) is 11.2. The fourth-order valence-electron chi connectivity index (χ4n) is 3.97. The van der Waals surface area contributed by atoms with Crippen molar-refractivity contribution in [3.63, 3.8) is 0 Å². The number of aromatic nitrogens is 2. The van der Waals surface area contributed by atoms with Crippen LogP contribution in [0.1, 0.15) is 61.5 Å². The van der Waals surface area contributed by atoms with Crippen LogP contribution in [0.3, 0.4) is 0 Å². The monoisotopic (exact) mass is 480 g/mol. The van der Waals surface area contributed by atoms with E-state index in [1.807, 2.05) is 0 Å². The zero-order chi connectivity index (χ0) is 24.7. The number of hydrogen-bond acceptors (Lipinski definition) is 5. The molecule has 0 radical (unpaired) electrons. The summed E-state index contributed by atoms with van der Waals surface area (Å²) in [6, 6.07) is 5.47. The molecule has 1 aromatic carbocycles. The largest absolute Gasteiger partial charge is 0.462 e. The predicted molar refractivity (Wildman–Crippen MR) is 117 cm³/mol. The molecule has 11 heteroatoms. The molecule has 3 rings (SSSR count). The summed E-state index contributed by atoms with van der Waals surface area (Å²) in [7, 11) is 0. The summed E-state index contributed by atoms with van der Waals surface area (Å²) in [5, 5.41) is 8.89. The van der Waals surface area contributed by atoms with Gasteiger partial charge in [-0.1, -0.05) is 19.3 Å². The molecule has 1 heterocycles. The second kappa shape index (κ2) is 11.2. The van der Waals surface area contributed by atoms with Crippen LogP contribution < -0.4 is 10.6 Å². The first-order chi connectivity index (χ1) is 16.2. The molecule has 1 aliphatic rings. The first kappa shape index (κ1) is 25.3. The number of alkyl halides is 3. The summed E-state index contributed by atoms with van der Waals surface area (Å²) in [5.41, 5.74) is -1.55. The number of halogens is 3. The lowest BCUT2D eigenvalue weighted by Gasteiger charge is -2.20. The molecule has 2 N–H and O–H groups in total. The van der Waals surface area contributed by atoms with Gasteiger partial charge in [0.25, 0.3) is 0 Å². The summed E-state index contributed by atoms with van der Waals surface area (Å²) in [4.78, 5) is 36.1. The Morgan fingerprint density at radius 3 is 2.38 bits per heavy atom. The van der Waals surface area contributed by atoms with Crippen LogP contribution >= 0.6 is 0 Å². The molecular formula is C23H27F3N4O4. The molecule has 8 nitrogen and oxygen atoms in total. The Kier molecular flexibility index (Phi) is 8.30. The van der Waals surface area contributed by atoms with E-state index in [9.17, 15) is 27.6 Å². The Morgan fingerprint density at radius 1 is 1.09 bits per heavy atom.